The fourth-order valence-electron chi connectivity index (χ4n) is 3.26. The van der Waals surface area contributed by atoms with Gasteiger partial charge < -0.3 is 11.1 Å². The van der Waals surface area contributed by atoms with Crippen LogP contribution in [0, 0.1) is 5.92 Å². The van der Waals surface area contributed by atoms with Gasteiger partial charge >= 0.3 is 0 Å². The van der Waals surface area contributed by atoms with Crippen molar-refractivity contribution in [2.24, 2.45) is 5.92 Å². The minimum atomic E-state index is -0.0573. The van der Waals surface area contributed by atoms with Crippen molar-refractivity contribution >= 4 is 22.5 Å². The average molecular weight is 283 g/mol. The molecule has 0 aliphatic heterocycles. The molecule has 21 heavy (non-hydrogen) atoms. The molecule has 0 bridgehead atoms. The van der Waals surface area contributed by atoms with Crippen molar-refractivity contribution < 1.29 is 4.79 Å². The zero-order valence-corrected chi connectivity index (χ0v) is 12.3. The number of benzene rings is 1. The van der Waals surface area contributed by atoms with Crippen molar-refractivity contribution in [3.05, 3.63) is 36.0 Å². The zero-order valence-electron chi connectivity index (χ0n) is 12.3. The molecule has 4 nitrogen and oxygen atoms in total. The van der Waals surface area contributed by atoms with E-state index in [4.69, 9.17) is 5.73 Å². The van der Waals surface area contributed by atoms with E-state index in [2.05, 4.69) is 17.2 Å². The number of carbonyl (C=O) groups is 1. The number of fused-ring (bicyclic) bond motifs is 1. The number of pyridine rings is 1. The number of nitrogens with zero attached hydrogens (tertiary/aromatic N) is 1. The lowest BCUT2D eigenvalue weighted by molar-refractivity contribution is 0.0928. The Bertz CT molecular complexity index is 662. The number of aromatic nitrogens is 1. The number of carbonyl (C=O) groups excluding carboxylic acids is 1. The molecule has 1 fully saturated rings. The number of nitrogens with two attached hydrogens (primary N) is 1. The van der Waals surface area contributed by atoms with Gasteiger partial charge in [0.25, 0.3) is 5.91 Å². The summed E-state index contributed by atoms with van der Waals surface area (Å²) < 4.78 is 0. The highest BCUT2D eigenvalue weighted by atomic mass is 16.1. The first kappa shape index (κ1) is 13.9. The van der Waals surface area contributed by atoms with Crippen LogP contribution in [0.2, 0.25) is 0 Å². The quantitative estimate of drug-likeness (QED) is 0.909. The molecular weight excluding hydrogens is 262 g/mol. The van der Waals surface area contributed by atoms with Gasteiger partial charge in [-0.2, -0.15) is 0 Å². The molecule has 1 amide bonds. The highest BCUT2D eigenvalue weighted by molar-refractivity contribution is 6.09. The van der Waals surface area contributed by atoms with Gasteiger partial charge in [-0.05, 0) is 31.1 Å². The van der Waals surface area contributed by atoms with Gasteiger partial charge in [0.05, 0.1) is 5.56 Å². The Morgan fingerprint density at radius 2 is 1.95 bits per heavy atom. The van der Waals surface area contributed by atoms with Crippen LogP contribution in [0.4, 0.5) is 5.82 Å². The van der Waals surface area contributed by atoms with E-state index < -0.39 is 0 Å². The fraction of sp³-hybridized carbons (Fsp3) is 0.412. The summed E-state index contributed by atoms with van der Waals surface area (Å²) in [6.45, 7) is 2.10. The molecule has 1 saturated carbocycles. The lowest BCUT2D eigenvalue weighted by atomic mass is 9.99. The molecule has 0 radical (unpaired) electrons. The van der Waals surface area contributed by atoms with Gasteiger partial charge in [-0.15, -0.1) is 0 Å². The second kappa shape index (κ2) is 5.72. The standard InChI is InChI=1S/C17H21N3O/c1-11(12-6-2-3-7-12)20-17(21)15-10-19-16(18)14-9-5-4-8-13(14)15/h4-5,8-12H,2-3,6-7H2,1H3,(H2,18,19)(H,20,21). The maximum absolute atomic E-state index is 12.5. The highest BCUT2D eigenvalue weighted by Crippen LogP contribution is 2.28. The van der Waals surface area contributed by atoms with E-state index in [1.807, 2.05) is 24.3 Å². The predicted octanol–water partition coefficient (Wildman–Crippen LogP) is 3.13. The van der Waals surface area contributed by atoms with Crippen LogP contribution in [0.3, 0.4) is 0 Å². The summed E-state index contributed by atoms with van der Waals surface area (Å²) in [7, 11) is 0. The van der Waals surface area contributed by atoms with Crippen molar-refractivity contribution in [2.75, 3.05) is 5.73 Å². The van der Waals surface area contributed by atoms with Crippen molar-refractivity contribution in [1.82, 2.24) is 10.3 Å². The molecule has 0 spiro atoms. The third-order valence-electron chi connectivity index (χ3n) is 4.54. The summed E-state index contributed by atoms with van der Waals surface area (Å²) in [5, 5.41) is 4.82. The summed E-state index contributed by atoms with van der Waals surface area (Å²) >= 11 is 0. The molecule has 3 N–H and O–H groups in total. The molecule has 3 rings (SSSR count). The van der Waals surface area contributed by atoms with Crippen LogP contribution in [0.15, 0.2) is 30.5 Å². The molecule has 0 saturated heterocycles. The number of nitrogens with one attached hydrogen (secondary N) is 1. The molecule has 1 aromatic carbocycles. The number of hydrogen-bond donors (Lipinski definition) is 2. The van der Waals surface area contributed by atoms with Crippen molar-refractivity contribution in [1.29, 1.82) is 0 Å². The van der Waals surface area contributed by atoms with Crippen LogP contribution in [0.25, 0.3) is 10.8 Å². The molecule has 1 aliphatic rings. The van der Waals surface area contributed by atoms with Gasteiger partial charge in [0, 0.05) is 17.6 Å². The van der Waals surface area contributed by atoms with Gasteiger partial charge in [-0.25, -0.2) is 4.98 Å². The first-order valence-corrected chi connectivity index (χ1v) is 7.61. The smallest absolute Gasteiger partial charge is 0.253 e. The van der Waals surface area contributed by atoms with Crippen molar-refractivity contribution in [3.63, 3.8) is 0 Å². The van der Waals surface area contributed by atoms with Crippen LogP contribution >= 0.6 is 0 Å². The summed E-state index contributed by atoms with van der Waals surface area (Å²) in [6.07, 6.45) is 6.55. The molecule has 1 aromatic heterocycles. The SMILES string of the molecule is CC(NC(=O)c1cnc(N)c2ccccc12)C1CCCC1. The molecule has 1 heterocycles. The number of hydrogen-bond acceptors (Lipinski definition) is 3. The maximum atomic E-state index is 12.5. The molecule has 1 unspecified atom stereocenters. The van der Waals surface area contributed by atoms with E-state index in [1.54, 1.807) is 6.20 Å². The number of amides is 1. The molecule has 1 atom stereocenters. The minimum Gasteiger partial charge on any atom is -0.383 e. The number of anilines is 1. The lowest BCUT2D eigenvalue weighted by Gasteiger charge is -2.20. The Hall–Kier alpha value is -2.10. The van der Waals surface area contributed by atoms with Crippen molar-refractivity contribution in [2.45, 2.75) is 38.6 Å². The van der Waals surface area contributed by atoms with Gasteiger partial charge in [0.1, 0.15) is 5.82 Å². The first-order chi connectivity index (χ1) is 10.2. The Morgan fingerprint density at radius 3 is 2.67 bits per heavy atom. The monoisotopic (exact) mass is 283 g/mol. The van der Waals surface area contributed by atoms with E-state index in [9.17, 15) is 4.79 Å². The molecule has 1 aliphatic carbocycles. The molecule has 110 valence electrons. The summed E-state index contributed by atoms with van der Waals surface area (Å²) in [4.78, 5) is 16.7. The molecular formula is C17H21N3O. The van der Waals surface area contributed by atoms with Gasteiger partial charge in [-0.3, -0.25) is 4.79 Å². The largest absolute Gasteiger partial charge is 0.383 e. The summed E-state index contributed by atoms with van der Waals surface area (Å²) in [5.41, 5.74) is 6.48. The third kappa shape index (κ3) is 2.71. The van der Waals surface area contributed by atoms with Crippen LogP contribution in [-0.2, 0) is 0 Å². The maximum Gasteiger partial charge on any atom is 0.253 e. The fourth-order valence-corrected chi connectivity index (χ4v) is 3.26. The predicted molar refractivity (Wildman–Crippen MR) is 85.0 cm³/mol. The second-order valence-electron chi connectivity index (χ2n) is 5.91. The summed E-state index contributed by atoms with van der Waals surface area (Å²) in [5.74, 6) is 1.01. The van der Waals surface area contributed by atoms with Crippen LogP contribution in [-0.4, -0.2) is 16.9 Å². The first-order valence-electron chi connectivity index (χ1n) is 7.61. The van der Waals surface area contributed by atoms with E-state index in [-0.39, 0.29) is 11.9 Å². The van der Waals surface area contributed by atoms with Gasteiger partial charge in [0.15, 0.2) is 0 Å². The zero-order chi connectivity index (χ0) is 14.8. The highest BCUT2D eigenvalue weighted by Gasteiger charge is 2.23. The van der Waals surface area contributed by atoms with E-state index in [0.717, 1.165) is 10.8 Å². The van der Waals surface area contributed by atoms with E-state index in [0.29, 0.717) is 17.3 Å². The Morgan fingerprint density at radius 1 is 1.29 bits per heavy atom. The Labute approximate surface area is 124 Å². The van der Waals surface area contributed by atoms with Gasteiger partial charge in [0.2, 0.25) is 0 Å². The Balaban J connectivity index is 1.86. The number of nitrogen functional groups attached to an aromatic ring is 1. The average Bonchev–Trinajstić information content (AvgIpc) is 3.02. The van der Waals surface area contributed by atoms with Crippen molar-refractivity contribution in [3.8, 4) is 0 Å². The number of rotatable bonds is 3. The van der Waals surface area contributed by atoms with Crippen LogP contribution in [0.5, 0.6) is 0 Å². The topological polar surface area (TPSA) is 68.0 Å². The molecule has 4 heteroatoms. The summed E-state index contributed by atoms with van der Waals surface area (Å²) in [6, 6.07) is 7.84. The van der Waals surface area contributed by atoms with Gasteiger partial charge in [-0.1, -0.05) is 37.1 Å². The normalized spacial score (nSPS) is 17.0. The Kier molecular flexibility index (Phi) is 3.78. The van der Waals surface area contributed by atoms with E-state index in [1.165, 1.54) is 25.7 Å². The second-order valence-corrected chi connectivity index (χ2v) is 5.91. The van der Waals surface area contributed by atoms with Crippen LogP contribution in [0.1, 0.15) is 43.0 Å². The van der Waals surface area contributed by atoms with E-state index >= 15 is 0 Å². The molecule has 2 aromatic rings. The van der Waals surface area contributed by atoms with Crippen LogP contribution < -0.4 is 11.1 Å². The third-order valence-corrected chi connectivity index (χ3v) is 4.54. The minimum absolute atomic E-state index is 0.0573. The lowest BCUT2D eigenvalue weighted by Crippen LogP contribution is -2.37.